The highest BCUT2D eigenvalue weighted by Gasteiger charge is 2.35. The summed E-state index contributed by atoms with van der Waals surface area (Å²) in [5.41, 5.74) is 3.52. The normalized spacial score (nSPS) is 16.6. The van der Waals surface area contributed by atoms with Gasteiger partial charge < -0.3 is 15.0 Å². The number of ketones is 1. The van der Waals surface area contributed by atoms with E-state index in [0.717, 1.165) is 54.0 Å². The molecule has 1 aliphatic rings. The van der Waals surface area contributed by atoms with E-state index in [4.69, 9.17) is 0 Å². The van der Waals surface area contributed by atoms with E-state index >= 15 is 0 Å². The smallest absolute Gasteiger partial charge is 0.195 e. The van der Waals surface area contributed by atoms with Gasteiger partial charge in [-0.3, -0.25) is 9.69 Å². The van der Waals surface area contributed by atoms with Gasteiger partial charge in [-0.25, -0.2) is 4.98 Å². The average Bonchev–Trinajstić information content (AvgIpc) is 3.30. The van der Waals surface area contributed by atoms with Gasteiger partial charge in [0.05, 0.1) is 6.04 Å². The Morgan fingerprint density at radius 1 is 0.970 bits per heavy atom. The zero-order valence-electron chi connectivity index (χ0n) is 18.7. The number of piperazine rings is 1. The van der Waals surface area contributed by atoms with Crippen molar-refractivity contribution in [3.05, 3.63) is 95.8 Å². The fraction of sp³-hybridized carbons (Fsp3) is 0.259. The van der Waals surface area contributed by atoms with Crippen molar-refractivity contribution in [2.45, 2.75) is 19.1 Å². The van der Waals surface area contributed by atoms with Crippen molar-refractivity contribution in [3.63, 3.8) is 0 Å². The molecule has 6 nitrogen and oxygen atoms in total. The Morgan fingerprint density at radius 3 is 2.42 bits per heavy atom. The molecule has 0 amide bonds. The molecule has 0 spiro atoms. The number of benzene rings is 2. The minimum atomic E-state index is -1.17. The largest absolute Gasteiger partial charge is 0.383 e. The molecule has 2 aromatic heterocycles. The van der Waals surface area contributed by atoms with Crippen molar-refractivity contribution in [1.82, 2.24) is 14.9 Å². The van der Waals surface area contributed by atoms with Crippen LogP contribution in [0.3, 0.4) is 0 Å². The Balaban J connectivity index is 1.42. The van der Waals surface area contributed by atoms with Crippen molar-refractivity contribution in [3.8, 4) is 0 Å². The van der Waals surface area contributed by atoms with Crippen LogP contribution >= 0.6 is 0 Å². The number of nitrogens with zero attached hydrogens (tertiary/aromatic N) is 3. The van der Waals surface area contributed by atoms with Crippen LogP contribution in [0.4, 0.5) is 5.82 Å². The van der Waals surface area contributed by atoms with Crippen LogP contribution in [0.1, 0.15) is 27.5 Å². The monoisotopic (exact) mass is 440 g/mol. The van der Waals surface area contributed by atoms with Crippen molar-refractivity contribution in [2.24, 2.45) is 0 Å². The minimum Gasteiger partial charge on any atom is -0.383 e. The van der Waals surface area contributed by atoms with Gasteiger partial charge in [0.1, 0.15) is 11.9 Å². The maximum atomic E-state index is 13.5. The Labute approximate surface area is 193 Å². The Hall–Kier alpha value is -3.48. The number of anilines is 1. The van der Waals surface area contributed by atoms with Crippen molar-refractivity contribution >= 4 is 22.5 Å². The summed E-state index contributed by atoms with van der Waals surface area (Å²) in [5.74, 6) is 0.699. The fourth-order valence-corrected chi connectivity index (χ4v) is 4.70. The average molecular weight is 441 g/mol. The lowest BCUT2D eigenvalue weighted by Gasteiger charge is -2.41. The Morgan fingerprint density at radius 2 is 1.70 bits per heavy atom. The molecule has 0 aliphatic carbocycles. The first-order valence-electron chi connectivity index (χ1n) is 11.4. The number of aromatic nitrogens is 2. The number of hydrogen-bond donors (Lipinski definition) is 2. The van der Waals surface area contributed by atoms with Crippen molar-refractivity contribution in [1.29, 1.82) is 0 Å². The van der Waals surface area contributed by atoms with E-state index in [1.54, 1.807) is 12.4 Å². The number of carbonyl (C=O) groups is 1. The first-order chi connectivity index (χ1) is 16.1. The molecule has 0 bridgehead atoms. The molecule has 33 heavy (non-hydrogen) atoms. The zero-order chi connectivity index (χ0) is 22.8. The topological polar surface area (TPSA) is 72.5 Å². The number of fused-ring (bicyclic) bond motifs is 1. The lowest BCUT2D eigenvalue weighted by atomic mass is 9.92. The molecule has 2 N–H and O–H groups in total. The summed E-state index contributed by atoms with van der Waals surface area (Å²) in [6.45, 7) is 5.07. The predicted octanol–water partition coefficient (Wildman–Crippen LogP) is 3.98. The summed E-state index contributed by atoms with van der Waals surface area (Å²) in [6.07, 6.45) is 2.34. The van der Waals surface area contributed by atoms with Crippen LogP contribution < -0.4 is 4.90 Å². The van der Waals surface area contributed by atoms with E-state index in [0.29, 0.717) is 5.56 Å². The summed E-state index contributed by atoms with van der Waals surface area (Å²) >= 11 is 0. The van der Waals surface area contributed by atoms with Gasteiger partial charge in [-0.15, -0.1) is 0 Å². The second kappa shape index (κ2) is 9.17. The third kappa shape index (κ3) is 4.27. The summed E-state index contributed by atoms with van der Waals surface area (Å²) < 4.78 is 0. The third-order valence-electron chi connectivity index (χ3n) is 6.52. The number of pyridine rings is 1. The number of carbonyl (C=O) groups excluding carboxylic acids is 1. The number of aliphatic hydroxyl groups is 1. The number of aromatic amines is 1. The van der Waals surface area contributed by atoms with Crippen LogP contribution in [0.25, 0.3) is 10.9 Å². The molecule has 1 aliphatic heterocycles. The highest BCUT2D eigenvalue weighted by Crippen LogP contribution is 2.30. The van der Waals surface area contributed by atoms with E-state index in [1.165, 1.54) is 0 Å². The molecule has 6 heteroatoms. The summed E-state index contributed by atoms with van der Waals surface area (Å²) in [5, 5.41) is 12.3. The first-order valence-corrected chi connectivity index (χ1v) is 11.4. The number of aliphatic hydroxyl groups excluding tert-OH is 1. The lowest BCUT2D eigenvalue weighted by Crippen LogP contribution is -2.51. The van der Waals surface area contributed by atoms with E-state index < -0.39 is 12.1 Å². The van der Waals surface area contributed by atoms with Crippen LogP contribution in [0.2, 0.25) is 0 Å². The number of nitrogens with one attached hydrogen (secondary N) is 1. The molecule has 168 valence electrons. The molecule has 3 heterocycles. The molecule has 0 saturated carbocycles. The zero-order valence-corrected chi connectivity index (χ0v) is 18.7. The number of hydrogen-bond acceptors (Lipinski definition) is 5. The fourth-order valence-electron chi connectivity index (χ4n) is 4.70. The molecular formula is C27H28N4O2. The van der Waals surface area contributed by atoms with E-state index in [1.807, 2.05) is 73.7 Å². The molecule has 2 aromatic carbocycles. The van der Waals surface area contributed by atoms with Crippen LogP contribution in [0.5, 0.6) is 0 Å². The minimum absolute atomic E-state index is 0.259. The maximum absolute atomic E-state index is 13.5. The van der Waals surface area contributed by atoms with Crippen LogP contribution in [0, 0.1) is 6.92 Å². The van der Waals surface area contributed by atoms with Gasteiger partial charge in [0.15, 0.2) is 5.78 Å². The van der Waals surface area contributed by atoms with Crippen LogP contribution in [-0.2, 0) is 0 Å². The number of rotatable bonds is 6. The van der Waals surface area contributed by atoms with Gasteiger partial charge in [0, 0.05) is 55.0 Å². The van der Waals surface area contributed by atoms with E-state index in [-0.39, 0.29) is 5.78 Å². The molecule has 0 unspecified atom stereocenters. The van der Waals surface area contributed by atoms with Crippen molar-refractivity contribution in [2.75, 3.05) is 31.1 Å². The van der Waals surface area contributed by atoms with E-state index in [2.05, 4.69) is 19.8 Å². The van der Waals surface area contributed by atoms with Crippen molar-refractivity contribution < 1.29 is 9.90 Å². The molecule has 1 fully saturated rings. The highest BCUT2D eigenvalue weighted by molar-refractivity contribution is 6.10. The number of para-hydroxylation sites is 1. The molecule has 2 atom stereocenters. The lowest BCUT2D eigenvalue weighted by molar-refractivity contribution is 0.0365. The second-order valence-corrected chi connectivity index (χ2v) is 8.62. The Bertz CT molecular complexity index is 1230. The van der Waals surface area contributed by atoms with E-state index in [9.17, 15) is 9.90 Å². The van der Waals surface area contributed by atoms with Crippen LogP contribution in [0.15, 0.2) is 79.1 Å². The van der Waals surface area contributed by atoms with Gasteiger partial charge in [0.2, 0.25) is 0 Å². The SMILES string of the molecule is Cc1ccc([C@@H]([C@@H](O)C(=O)c2c[nH]c3ccccc23)N2CCN(c3ccccn3)CC2)cc1. The molecular weight excluding hydrogens is 412 g/mol. The van der Waals surface area contributed by atoms with Crippen LogP contribution in [-0.4, -0.2) is 58.0 Å². The van der Waals surface area contributed by atoms with Gasteiger partial charge in [-0.05, 0) is 30.7 Å². The quantitative estimate of drug-likeness (QED) is 0.444. The summed E-state index contributed by atoms with van der Waals surface area (Å²) in [4.78, 5) is 25.6. The third-order valence-corrected chi connectivity index (χ3v) is 6.52. The van der Waals surface area contributed by atoms with Gasteiger partial charge in [0.25, 0.3) is 0 Å². The van der Waals surface area contributed by atoms with Gasteiger partial charge in [-0.2, -0.15) is 0 Å². The Kier molecular flexibility index (Phi) is 5.94. The molecule has 0 radical (unpaired) electrons. The molecule has 1 saturated heterocycles. The summed E-state index contributed by atoms with van der Waals surface area (Å²) in [7, 11) is 0. The second-order valence-electron chi connectivity index (χ2n) is 8.62. The first kappa shape index (κ1) is 21.4. The van der Waals surface area contributed by atoms with Gasteiger partial charge >= 0.3 is 0 Å². The predicted molar refractivity (Wildman–Crippen MR) is 131 cm³/mol. The number of aryl methyl sites for hydroxylation is 1. The number of Topliss-reactive ketones (excluding diaryl/α,β-unsaturated/α-hetero) is 1. The standard InChI is InChI=1S/C27H28N4O2/c1-19-9-11-20(12-10-19)25(31-16-14-30(15-17-31)24-8-4-5-13-28-24)27(33)26(32)22-18-29-23-7-3-2-6-21(22)23/h2-13,18,25,27,29,33H,14-17H2,1H3/t25-,27+/m0/s1. The van der Waals surface area contributed by atoms with Gasteiger partial charge in [-0.1, -0.05) is 54.1 Å². The highest BCUT2D eigenvalue weighted by atomic mass is 16.3. The number of H-pyrrole nitrogens is 1. The molecule has 4 aromatic rings. The maximum Gasteiger partial charge on any atom is 0.195 e. The molecule has 5 rings (SSSR count). The summed E-state index contributed by atoms with van der Waals surface area (Å²) in [6, 6.07) is 21.3.